The third-order valence-electron chi connectivity index (χ3n) is 9.59. The van der Waals surface area contributed by atoms with Crippen molar-refractivity contribution >= 4 is 89.7 Å². The Morgan fingerprint density at radius 3 is 1.58 bits per heavy atom. The van der Waals surface area contributed by atoms with Crippen LogP contribution in [0.5, 0.6) is 0 Å². The number of amides is 2. The summed E-state index contributed by atoms with van der Waals surface area (Å²) in [5.41, 5.74) is 1.83. The highest BCUT2D eigenvalue weighted by molar-refractivity contribution is 14.1. The van der Waals surface area contributed by atoms with Crippen molar-refractivity contribution in [3.63, 3.8) is 0 Å². The standard InChI is InChI=1S/C42H78IN4O12P3/c1-39(2,28-60-7)36(51)57-25-42(26-58-37(52)40(3,4)29-61-8,27-59-38(53)41(5,6)30-62-9)24-56-23-31(48)14-13-18-54-20-21-55-19-17-46-35(50)32(47-34(49)22-43)15-11-10-12-16-33(44)45/h32,60-62H,10-30H2,1-9H3,(H3,44,45)(H,46,50)(H,47,49)/t32-/m0/s1. The van der Waals surface area contributed by atoms with Gasteiger partial charge in [0.2, 0.25) is 11.8 Å². The number of halogens is 1. The summed E-state index contributed by atoms with van der Waals surface area (Å²) in [6, 6.07) is -0.651. The first kappa shape index (κ1) is 60.4. The Morgan fingerprint density at radius 2 is 1.13 bits per heavy atom. The smallest absolute Gasteiger partial charge is 0.311 e. The molecule has 0 aromatic rings. The van der Waals surface area contributed by atoms with E-state index in [1.54, 1.807) is 0 Å². The maximum atomic E-state index is 13.3. The van der Waals surface area contributed by atoms with E-state index in [-0.39, 0.29) is 93.7 Å². The lowest BCUT2D eigenvalue weighted by Gasteiger charge is -2.35. The van der Waals surface area contributed by atoms with E-state index in [0.29, 0.717) is 76.5 Å². The Bertz CT molecular complexity index is 1310. The first-order valence-electron chi connectivity index (χ1n) is 21.3. The predicted molar refractivity (Wildman–Crippen MR) is 259 cm³/mol. The van der Waals surface area contributed by atoms with E-state index in [1.165, 1.54) is 0 Å². The summed E-state index contributed by atoms with van der Waals surface area (Å²) in [7, 11) is 1.56. The summed E-state index contributed by atoms with van der Waals surface area (Å²) < 4.78 is 35.0. The average Bonchev–Trinajstić information content (AvgIpc) is 3.20. The number of hydrogen-bond acceptors (Lipinski definition) is 13. The zero-order valence-electron chi connectivity index (χ0n) is 38.8. The number of amidine groups is 1. The van der Waals surface area contributed by atoms with Gasteiger partial charge in [0.05, 0.1) is 58.4 Å². The maximum Gasteiger partial charge on any atom is 0.311 e. The van der Waals surface area contributed by atoms with Crippen molar-refractivity contribution in [1.82, 2.24) is 10.6 Å². The summed E-state index contributed by atoms with van der Waals surface area (Å²) in [4.78, 5) is 77.4. The Hall–Kier alpha value is -1.61. The van der Waals surface area contributed by atoms with Crippen molar-refractivity contribution < 1.29 is 57.2 Å². The van der Waals surface area contributed by atoms with Crippen LogP contribution in [-0.4, -0.2) is 156 Å². The van der Waals surface area contributed by atoms with Crippen LogP contribution in [0.1, 0.15) is 86.5 Å². The maximum absolute atomic E-state index is 13.3. The fraction of sp³-hybridized carbons (Fsp3) is 0.833. The van der Waals surface area contributed by atoms with E-state index in [9.17, 15) is 28.8 Å². The summed E-state index contributed by atoms with van der Waals surface area (Å²) in [5, 5.41) is 12.9. The number of nitrogens with one attached hydrogen (secondary N) is 3. The third kappa shape index (κ3) is 27.0. The van der Waals surface area contributed by atoms with Crippen molar-refractivity contribution in [2.75, 3.05) is 109 Å². The second-order valence-corrected chi connectivity index (χ2v) is 21.4. The number of ketones is 1. The summed E-state index contributed by atoms with van der Waals surface area (Å²) >= 11 is 1.95. The lowest BCUT2D eigenvalue weighted by molar-refractivity contribution is -0.177. The van der Waals surface area contributed by atoms with E-state index >= 15 is 0 Å². The first-order chi connectivity index (χ1) is 29.1. The molecule has 16 nitrogen and oxygen atoms in total. The van der Waals surface area contributed by atoms with Crippen LogP contribution in [0.4, 0.5) is 0 Å². The van der Waals surface area contributed by atoms with Gasteiger partial charge in [-0.1, -0.05) is 35.4 Å². The average molecular weight is 1050 g/mol. The molecule has 0 rings (SSSR count). The van der Waals surface area contributed by atoms with Crippen LogP contribution in [0, 0.1) is 27.1 Å². The quantitative estimate of drug-likeness (QED) is 0.00941. The van der Waals surface area contributed by atoms with Crippen molar-refractivity contribution in [2.24, 2.45) is 27.4 Å². The minimum Gasteiger partial charge on any atom is -0.464 e. The minimum absolute atomic E-state index is 0.134. The minimum atomic E-state index is -1.28. The molecule has 0 fully saturated rings. The second kappa shape index (κ2) is 33.0. The number of ether oxygens (including phenoxy) is 6. The van der Waals surface area contributed by atoms with E-state index in [1.807, 2.05) is 84.1 Å². The van der Waals surface area contributed by atoms with E-state index in [4.69, 9.17) is 39.6 Å². The molecule has 0 aliphatic carbocycles. The first-order valence-corrected chi connectivity index (χ1v) is 27.9. The molecule has 0 bridgehead atoms. The Labute approximate surface area is 389 Å². The number of carbonyl (C=O) groups excluding carboxylic acids is 6. The van der Waals surface area contributed by atoms with Gasteiger partial charge >= 0.3 is 17.9 Å². The fourth-order valence-electron chi connectivity index (χ4n) is 5.89. The zero-order valence-corrected chi connectivity index (χ0v) is 43.9. The molecule has 0 spiro atoms. The van der Waals surface area contributed by atoms with Crippen LogP contribution in [-0.2, 0) is 57.2 Å². The van der Waals surface area contributed by atoms with Crippen molar-refractivity contribution in [3.8, 4) is 0 Å². The monoisotopic (exact) mass is 1050 g/mol. The number of hydrogen-bond donors (Lipinski definition) is 4. The third-order valence-corrected chi connectivity index (χ3v) is 14.0. The van der Waals surface area contributed by atoms with Gasteiger partial charge in [0, 0.05) is 26.0 Å². The van der Waals surface area contributed by atoms with Gasteiger partial charge < -0.3 is 44.8 Å². The predicted octanol–water partition coefficient (Wildman–Crippen LogP) is 4.93. The number of Topliss-reactive ketones (excluding diaryl/α,β-unsaturated/α-hetero) is 1. The van der Waals surface area contributed by atoms with Crippen molar-refractivity contribution in [3.05, 3.63) is 0 Å². The van der Waals surface area contributed by atoms with Gasteiger partial charge in [-0.15, -0.1) is 25.7 Å². The molecule has 0 heterocycles. The number of carbonyl (C=O) groups is 6. The molecule has 3 unspecified atom stereocenters. The van der Waals surface area contributed by atoms with Crippen LogP contribution in [0.25, 0.3) is 0 Å². The fourth-order valence-corrected chi connectivity index (χ4v) is 9.20. The summed E-state index contributed by atoms with van der Waals surface area (Å²) in [5.74, 6) is -1.86. The lowest BCUT2D eigenvalue weighted by atomic mass is 9.90. The van der Waals surface area contributed by atoms with Gasteiger partial charge in [-0.25, -0.2) is 0 Å². The second-order valence-electron chi connectivity index (χ2n) is 17.5. The number of esters is 3. The van der Waals surface area contributed by atoms with Gasteiger partial charge in [0.25, 0.3) is 0 Å². The summed E-state index contributed by atoms with van der Waals surface area (Å²) in [6.45, 7) is 17.0. The molecule has 5 N–H and O–H groups in total. The van der Waals surface area contributed by atoms with Crippen LogP contribution < -0.4 is 16.4 Å². The van der Waals surface area contributed by atoms with E-state index < -0.39 is 45.6 Å². The Morgan fingerprint density at radius 1 is 0.645 bits per heavy atom. The lowest BCUT2D eigenvalue weighted by Crippen LogP contribution is -2.47. The Balaban J connectivity index is 5.24. The Kier molecular flexibility index (Phi) is 32.1. The van der Waals surface area contributed by atoms with E-state index in [2.05, 4.69) is 10.6 Å². The topological polar surface area (TPSA) is 232 Å². The van der Waals surface area contributed by atoms with Gasteiger partial charge in [-0.05, 0) is 99.3 Å². The van der Waals surface area contributed by atoms with Gasteiger partial charge in [-0.3, -0.25) is 34.2 Å². The molecule has 0 aromatic carbocycles. The molecule has 0 aliphatic rings. The normalized spacial score (nSPS) is 14.0. The van der Waals surface area contributed by atoms with Crippen LogP contribution in [0.15, 0.2) is 0 Å². The molecular formula is C42H78IN4O12P3. The zero-order chi connectivity index (χ0) is 47.2. The van der Waals surface area contributed by atoms with E-state index in [0.717, 1.165) is 12.8 Å². The number of rotatable bonds is 38. The largest absolute Gasteiger partial charge is 0.464 e. The van der Waals surface area contributed by atoms with Gasteiger partial charge in [0.15, 0.2) is 5.78 Å². The molecule has 0 saturated heterocycles. The van der Waals surface area contributed by atoms with Crippen LogP contribution in [0.3, 0.4) is 0 Å². The molecule has 0 aromatic heterocycles. The highest BCUT2D eigenvalue weighted by Gasteiger charge is 2.41. The molecule has 4 atom stereocenters. The number of unbranched alkanes of at least 4 members (excludes halogenated alkanes) is 2. The number of alkyl halides is 1. The molecule has 0 saturated carbocycles. The molecule has 62 heavy (non-hydrogen) atoms. The highest BCUT2D eigenvalue weighted by atomic mass is 127. The molecule has 2 amide bonds. The van der Waals surface area contributed by atoms with Gasteiger partial charge in [0.1, 0.15) is 32.5 Å². The summed E-state index contributed by atoms with van der Waals surface area (Å²) in [6.07, 6.45) is 5.73. The molecule has 360 valence electrons. The molecule has 20 heteroatoms. The van der Waals surface area contributed by atoms with Gasteiger partial charge in [-0.2, -0.15) is 0 Å². The molecule has 0 aliphatic heterocycles. The van der Waals surface area contributed by atoms with Crippen LogP contribution in [0.2, 0.25) is 0 Å². The SMILES string of the molecule is CPCC(C)(C)C(=O)OCC(COCC(=O)CCCOCCOCCNC(=O)[C@H](CCCCCC(=N)N)NC(=O)CI)(COC(=O)C(C)(C)CPC)COC(=O)C(C)(C)CPC. The van der Waals surface area contributed by atoms with Crippen molar-refractivity contribution in [1.29, 1.82) is 5.41 Å². The molecular weight excluding hydrogens is 972 g/mol. The van der Waals surface area contributed by atoms with Crippen LogP contribution >= 0.6 is 48.3 Å². The highest BCUT2D eigenvalue weighted by Crippen LogP contribution is 2.31. The number of nitrogens with two attached hydrogens (primary N) is 1. The van der Waals surface area contributed by atoms with Crippen molar-refractivity contribution in [2.45, 2.75) is 92.5 Å². The molecule has 0 radical (unpaired) electrons.